The highest BCUT2D eigenvalue weighted by Gasteiger charge is 2.13. The van der Waals surface area contributed by atoms with Crippen molar-refractivity contribution in [2.24, 2.45) is 0 Å². The molecule has 1 atom stereocenters. The number of pyridine rings is 1. The van der Waals surface area contributed by atoms with Crippen molar-refractivity contribution < 1.29 is 20.1 Å². The zero-order chi connectivity index (χ0) is 17.8. The summed E-state index contributed by atoms with van der Waals surface area (Å²) in [5.41, 5.74) is 2.89. The first-order valence-corrected chi connectivity index (χ1v) is 7.85. The van der Waals surface area contributed by atoms with E-state index in [0.717, 1.165) is 11.3 Å². The fourth-order valence-electron chi connectivity index (χ4n) is 2.59. The first kappa shape index (κ1) is 16.9. The lowest BCUT2D eigenvalue weighted by atomic mass is 10.0. The average Bonchev–Trinajstić information content (AvgIpc) is 2.65. The second-order valence-electron chi connectivity index (χ2n) is 5.68. The van der Waals surface area contributed by atoms with Gasteiger partial charge in [0.15, 0.2) is 0 Å². The molecule has 0 saturated carbocycles. The third-order valence-corrected chi connectivity index (χ3v) is 3.86. The number of aliphatic hydroxyl groups is 2. The van der Waals surface area contributed by atoms with E-state index in [1.165, 1.54) is 0 Å². The molecule has 25 heavy (non-hydrogen) atoms. The van der Waals surface area contributed by atoms with Gasteiger partial charge in [0, 0.05) is 23.2 Å². The van der Waals surface area contributed by atoms with Crippen LogP contribution in [0.15, 0.2) is 54.6 Å². The van der Waals surface area contributed by atoms with E-state index in [2.05, 4.69) is 10.3 Å². The van der Waals surface area contributed by atoms with Crippen LogP contribution in [0, 0.1) is 0 Å². The van der Waals surface area contributed by atoms with Crippen LogP contribution in [0.4, 0.5) is 5.69 Å². The van der Waals surface area contributed by atoms with Crippen LogP contribution in [0.3, 0.4) is 0 Å². The molecule has 2 aromatic carbocycles. The lowest BCUT2D eigenvalue weighted by molar-refractivity contribution is 0.0699. The van der Waals surface area contributed by atoms with Crippen LogP contribution >= 0.6 is 0 Å². The number of carboxylic acid groups (broad SMARTS) is 1. The maximum Gasteiger partial charge on any atom is 0.336 e. The number of carbonyl (C=O) groups is 1. The molecule has 6 nitrogen and oxygen atoms in total. The van der Waals surface area contributed by atoms with Gasteiger partial charge in [0.25, 0.3) is 0 Å². The van der Waals surface area contributed by atoms with Crippen LogP contribution in [0.25, 0.3) is 22.2 Å². The first-order valence-electron chi connectivity index (χ1n) is 7.85. The summed E-state index contributed by atoms with van der Waals surface area (Å²) in [4.78, 5) is 16.1. The molecule has 0 saturated heterocycles. The third-order valence-electron chi connectivity index (χ3n) is 3.86. The molecule has 0 aliphatic carbocycles. The van der Waals surface area contributed by atoms with Crippen molar-refractivity contribution >= 4 is 22.6 Å². The fourth-order valence-corrected chi connectivity index (χ4v) is 2.59. The maximum absolute atomic E-state index is 11.6. The van der Waals surface area contributed by atoms with E-state index in [1.54, 1.807) is 24.3 Å². The van der Waals surface area contributed by atoms with Gasteiger partial charge in [-0.15, -0.1) is 0 Å². The van der Waals surface area contributed by atoms with Gasteiger partial charge in [0.2, 0.25) is 0 Å². The molecule has 0 radical (unpaired) electrons. The quantitative estimate of drug-likeness (QED) is 0.550. The second kappa shape index (κ2) is 7.29. The van der Waals surface area contributed by atoms with Crippen molar-refractivity contribution in [1.29, 1.82) is 0 Å². The Morgan fingerprint density at radius 2 is 1.92 bits per heavy atom. The molecule has 0 aliphatic rings. The van der Waals surface area contributed by atoms with Crippen molar-refractivity contribution in [1.82, 2.24) is 4.98 Å². The summed E-state index contributed by atoms with van der Waals surface area (Å²) in [5.74, 6) is -1.000. The Morgan fingerprint density at radius 1 is 1.12 bits per heavy atom. The molecule has 1 unspecified atom stereocenters. The zero-order valence-electron chi connectivity index (χ0n) is 13.4. The molecule has 0 spiro atoms. The SMILES string of the molecule is O=C(O)c1cc(-c2cccc(NCC(O)CO)c2)nc2ccccc12. The summed E-state index contributed by atoms with van der Waals surface area (Å²) in [7, 11) is 0. The van der Waals surface area contributed by atoms with Gasteiger partial charge < -0.3 is 20.6 Å². The predicted molar refractivity (Wildman–Crippen MR) is 95.7 cm³/mol. The number of benzene rings is 2. The number of fused-ring (bicyclic) bond motifs is 1. The van der Waals surface area contributed by atoms with Crippen molar-refractivity contribution in [3.8, 4) is 11.3 Å². The number of hydrogen-bond acceptors (Lipinski definition) is 5. The number of nitrogens with one attached hydrogen (secondary N) is 1. The van der Waals surface area contributed by atoms with E-state index < -0.39 is 12.1 Å². The highest BCUT2D eigenvalue weighted by molar-refractivity contribution is 6.03. The molecule has 0 aliphatic heterocycles. The topological polar surface area (TPSA) is 103 Å². The fraction of sp³-hybridized carbons (Fsp3) is 0.158. The summed E-state index contributed by atoms with van der Waals surface area (Å²) >= 11 is 0. The molecule has 0 amide bonds. The zero-order valence-corrected chi connectivity index (χ0v) is 13.4. The number of aliphatic hydroxyl groups excluding tert-OH is 2. The van der Waals surface area contributed by atoms with E-state index in [9.17, 15) is 15.0 Å². The molecule has 3 rings (SSSR count). The Balaban J connectivity index is 2.00. The molecule has 1 heterocycles. The van der Waals surface area contributed by atoms with Gasteiger partial charge in [0.1, 0.15) is 0 Å². The van der Waals surface area contributed by atoms with Crippen LogP contribution in [0.1, 0.15) is 10.4 Å². The Morgan fingerprint density at radius 3 is 2.68 bits per heavy atom. The number of anilines is 1. The third kappa shape index (κ3) is 3.76. The number of rotatable bonds is 6. The molecule has 0 fully saturated rings. The Bertz CT molecular complexity index is 911. The highest BCUT2D eigenvalue weighted by atomic mass is 16.4. The van der Waals surface area contributed by atoms with Crippen molar-refractivity contribution in [2.45, 2.75) is 6.10 Å². The standard InChI is InChI=1S/C19H18N2O4/c22-11-14(23)10-20-13-5-3-4-12(8-13)18-9-16(19(24)25)15-6-1-2-7-17(15)21-18/h1-9,14,20,22-23H,10-11H2,(H,24,25). The number of aromatic carboxylic acids is 1. The van der Waals surface area contributed by atoms with Crippen molar-refractivity contribution in [3.05, 3.63) is 60.2 Å². The number of para-hydroxylation sites is 1. The van der Waals surface area contributed by atoms with Gasteiger partial charge in [-0.25, -0.2) is 9.78 Å². The van der Waals surface area contributed by atoms with E-state index in [1.807, 2.05) is 30.3 Å². The molecule has 4 N–H and O–H groups in total. The molecular formula is C19H18N2O4. The first-order chi connectivity index (χ1) is 12.1. The van der Waals surface area contributed by atoms with E-state index in [4.69, 9.17) is 5.11 Å². The molecule has 128 valence electrons. The molecule has 6 heteroatoms. The van der Waals surface area contributed by atoms with Crippen LogP contribution in [-0.2, 0) is 0 Å². The Kier molecular flexibility index (Phi) is 4.92. The lowest BCUT2D eigenvalue weighted by Crippen LogP contribution is -2.22. The van der Waals surface area contributed by atoms with Gasteiger partial charge in [-0.05, 0) is 24.3 Å². The highest BCUT2D eigenvalue weighted by Crippen LogP contribution is 2.26. The van der Waals surface area contributed by atoms with Crippen molar-refractivity contribution in [3.63, 3.8) is 0 Å². The summed E-state index contributed by atoms with van der Waals surface area (Å²) in [6, 6.07) is 16.0. The molecule has 1 aromatic heterocycles. The van der Waals surface area contributed by atoms with Gasteiger partial charge >= 0.3 is 5.97 Å². The lowest BCUT2D eigenvalue weighted by Gasteiger charge is -2.12. The Labute approximate surface area is 144 Å². The van der Waals surface area contributed by atoms with Gasteiger partial charge in [-0.2, -0.15) is 0 Å². The van der Waals surface area contributed by atoms with Gasteiger partial charge in [0.05, 0.1) is 29.5 Å². The minimum Gasteiger partial charge on any atom is -0.478 e. The van der Waals surface area contributed by atoms with Crippen LogP contribution in [-0.4, -0.2) is 45.5 Å². The summed E-state index contributed by atoms with van der Waals surface area (Å²) in [5, 5.41) is 31.4. The number of aromatic nitrogens is 1. The molecular weight excluding hydrogens is 320 g/mol. The minimum atomic E-state index is -1.000. The second-order valence-corrected chi connectivity index (χ2v) is 5.68. The average molecular weight is 338 g/mol. The number of hydrogen-bond donors (Lipinski definition) is 4. The summed E-state index contributed by atoms with van der Waals surface area (Å²) in [6.07, 6.45) is -0.846. The summed E-state index contributed by atoms with van der Waals surface area (Å²) < 4.78 is 0. The van der Waals surface area contributed by atoms with E-state index in [-0.39, 0.29) is 18.7 Å². The van der Waals surface area contributed by atoms with Crippen LogP contribution in [0.2, 0.25) is 0 Å². The van der Waals surface area contributed by atoms with Crippen LogP contribution in [0.5, 0.6) is 0 Å². The smallest absolute Gasteiger partial charge is 0.336 e. The summed E-state index contributed by atoms with van der Waals surface area (Å²) in [6.45, 7) is -0.105. The van der Waals surface area contributed by atoms with Crippen LogP contribution < -0.4 is 5.32 Å². The molecule has 0 bridgehead atoms. The monoisotopic (exact) mass is 338 g/mol. The van der Waals surface area contributed by atoms with E-state index >= 15 is 0 Å². The van der Waals surface area contributed by atoms with Crippen molar-refractivity contribution in [2.75, 3.05) is 18.5 Å². The number of carboxylic acids is 1. The van der Waals surface area contributed by atoms with E-state index in [0.29, 0.717) is 16.6 Å². The Hall–Kier alpha value is -2.96. The maximum atomic E-state index is 11.6. The number of nitrogens with zero attached hydrogens (tertiary/aromatic N) is 1. The molecule has 3 aromatic rings. The van der Waals surface area contributed by atoms with Gasteiger partial charge in [-0.1, -0.05) is 30.3 Å². The minimum absolute atomic E-state index is 0.203. The largest absolute Gasteiger partial charge is 0.478 e. The van der Waals surface area contributed by atoms with Gasteiger partial charge in [-0.3, -0.25) is 0 Å². The normalized spacial score (nSPS) is 12.1. The predicted octanol–water partition coefficient (Wildman–Crippen LogP) is 2.37.